The second-order valence-electron chi connectivity index (χ2n) is 1.46. The van der Waals surface area contributed by atoms with Gasteiger partial charge in [0.1, 0.15) is 0 Å². The van der Waals surface area contributed by atoms with E-state index < -0.39 is 0 Å². The van der Waals surface area contributed by atoms with Crippen molar-refractivity contribution < 1.29 is 9.53 Å². The van der Waals surface area contributed by atoms with Gasteiger partial charge in [0.2, 0.25) is 0 Å². The van der Waals surface area contributed by atoms with Crippen LogP contribution in [0, 0.1) is 0 Å². The van der Waals surface area contributed by atoms with Crippen LogP contribution in [0.2, 0.25) is 0 Å². The zero-order chi connectivity index (χ0) is 10.6. The van der Waals surface area contributed by atoms with Crippen molar-refractivity contribution in [2.75, 3.05) is 7.11 Å². The molecule has 74 valence electrons. The van der Waals surface area contributed by atoms with Crippen LogP contribution in [0.1, 0.15) is 41.5 Å². The molecule has 0 aromatic heterocycles. The number of rotatable bonds is 1. The number of carbonyl (C=O) groups is 1. The first kappa shape index (κ1) is 17.3. The number of methoxy groups -OCH3 is 1. The van der Waals surface area contributed by atoms with Crippen LogP contribution < -0.4 is 0 Å². The van der Waals surface area contributed by atoms with Crippen molar-refractivity contribution >= 4 is 5.97 Å². The highest BCUT2D eigenvalue weighted by molar-refractivity contribution is 5.87. The van der Waals surface area contributed by atoms with E-state index in [1.54, 1.807) is 19.9 Å². The van der Waals surface area contributed by atoms with E-state index in [0.717, 1.165) is 0 Å². The predicted octanol–water partition coefficient (Wildman–Crippen LogP) is 3.18. The topological polar surface area (TPSA) is 26.3 Å². The Kier molecular flexibility index (Phi) is 24.1. The molecule has 0 N–H and O–H groups in total. The molecule has 0 unspecified atom stereocenters. The monoisotopic (exact) mass is 174 g/mol. The Balaban J connectivity index is -0.000000175. The molecule has 0 aliphatic heterocycles. The van der Waals surface area contributed by atoms with Crippen molar-refractivity contribution in [3.8, 4) is 0 Å². The van der Waals surface area contributed by atoms with E-state index in [0.29, 0.717) is 5.57 Å². The van der Waals surface area contributed by atoms with Gasteiger partial charge in [-0.25, -0.2) is 4.79 Å². The third-order valence-electron chi connectivity index (χ3n) is 0.940. The summed E-state index contributed by atoms with van der Waals surface area (Å²) in [6, 6.07) is 0. The normalized spacial score (nSPS) is 8.42. The van der Waals surface area contributed by atoms with E-state index >= 15 is 0 Å². The van der Waals surface area contributed by atoms with Crippen molar-refractivity contribution in [2.45, 2.75) is 41.5 Å². The highest BCUT2D eigenvalue weighted by Gasteiger charge is 1.98. The molecule has 0 amide bonds. The maximum absolute atomic E-state index is 10.5. The third-order valence-corrected chi connectivity index (χ3v) is 0.940. The van der Waals surface area contributed by atoms with Gasteiger partial charge in [-0.2, -0.15) is 0 Å². The Morgan fingerprint density at radius 2 is 1.50 bits per heavy atom. The first-order valence-corrected chi connectivity index (χ1v) is 4.43. The molecule has 0 saturated carbocycles. The fourth-order valence-corrected chi connectivity index (χ4v) is 0.279. The molecule has 0 aromatic carbocycles. The van der Waals surface area contributed by atoms with Gasteiger partial charge >= 0.3 is 5.97 Å². The maximum atomic E-state index is 10.5. The van der Waals surface area contributed by atoms with Crippen LogP contribution in [0.3, 0.4) is 0 Å². The quantitative estimate of drug-likeness (QED) is 0.451. The van der Waals surface area contributed by atoms with E-state index in [1.807, 2.05) is 27.7 Å². The molecule has 0 aromatic rings. The molecule has 0 aliphatic carbocycles. The van der Waals surface area contributed by atoms with E-state index in [1.165, 1.54) is 7.11 Å². The fourth-order valence-electron chi connectivity index (χ4n) is 0.279. The Morgan fingerprint density at radius 3 is 1.58 bits per heavy atom. The molecule has 0 rings (SSSR count). The Labute approximate surface area is 76.6 Å². The van der Waals surface area contributed by atoms with Gasteiger partial charge in [0.15, 0.2) is 0 Å². The molecular formula is C10H22O2. The van der Waals surface area contributed by atoms with Crippen LogP contribution in [0.15, 0.2) is 11.6 Å². The molecular weight excluding hydrogens is 152 g/mol. The van der Waals surface area contributed by atoms with Crippen molar-refractivity contribution in [1.29, 1.82) is 0 Å². The average Bonchev–Trinajstić information content (AvgIpc) is 2.21. The molecule has 0 bridgehead atoms. The van der Waals surface area contributed by atoms with Gasteiger partial charge in [0.05, 0.1) is 7.11 Å². The summed E-state index contributed by atoms with van der Waals surface area (Å²) in [5.74, 6) is -0.257. The third kappa shape index (κ3) is 11.9. The molecule has 0 atom stereocenters. The highest BCUT2D eigenvalue weighted by Crippen LogP contribution is 1.92. The number of allylic oxidation sites excluding steroid dienone is 1. The molecule has 0 aliphatic rings. The lowest BCUT2D eigenvalue weighted by Gasteiger charge is -1.93. The van der Waals surface area contributed by atoms with Crippen molar-refractivity contribution in [1.82, 2.24) is 0 Å². The zero-order valence-electron chi connectivity index (χ0n) is 9.39. The number of hydrogen-bond donors (Lipinski definition) is 0. The summed E-state index contributed by atoms with van der Waals surface area (Å²) in [6.45, 7) is 11.5. The minimum Gasteiger partial charge on any atom is -0.466 e. The molecule has 2 heteroatoms. The number of ether oxygens (including phenoxy) is 1. The maximum Gasteiger partial charge on any atom is 0.333 e. The molecule has 0 fully saturated rings. The Bertz CT molecular complexity index is 115. The van der Waals surface area contributed by atoms with Crippen LogP contribution in [0.25, 0.3) is 0 Å². The molecule has 2 nitrogen and oxygen atoms in total. The Hall–Kier alpha value is -0.790. The van der Waals surface area contributed by atoms with Gasteiger partial charge in [-0.05, 0) is 13.8 Å². The summed E-state index contributed by atoms with van der Waals surface area (Å²) < 4.78 is 4.40. The van der Waals surface area contributed by atoms with Gasteiger partial charge in [0.25, 0.3) is 0 Å². The van der Waals surface area contributed by atoms with Gasteiger partial charge in [-0.3, -0.25) is 0 Å². The molecule has 0 saturated heterocycles. The van der Waals surface area contributed by atoms with Gasteiger partial charge in [0, 0.05) is 5.57 Å². The minimum atomic E-state index is -0.257. The van der Waals surface area contributed by atoms with Crippen molar-refractivity contribution in [3.05, 3.63) is 11.6 Å². The molecule has 12 heavy (non-hydrogen) atoms. The number of hydrogen-bond acceptors (Lipinski definition) is 2. The average molecular weight is 174 g/mol. The van der Waals surface area contributed by atoms with E-state index in [2.05, 4.69) is 4.74 Å². The van der Waals surface area contributed by atoms with E-state index in [4.69, 9.17) is 0 Å². The second-order valence-corrected chi connectivity index (χ2v) is 1.46. The summed E-state index contributed by atoms with van der Waals surface area (Å²) in [5, 5.41) is 0. The second kappa shape index (κ2) is 16.7. The Morgan fingerprint density at radius 1 is 1.17 bits per heavy atom. The van der Waals surface area contributed by atoms with E-state index in [9.17, 15) is 4.79 Å². The minimum absolute atomic E-state index is 0.257. The standard InChI is InChI=1S/C6H10O2.2C2H6/c1-4-5(2)6(7)8-3;2*1-2/h4H,1-3H3;2*1-2H3/b5-4-;;. The van der Waals surface area contributed by atoms with Crippen LogP contribution in [0.4, 0.5) is 0 Å². The summed E-state index contributed by atoms with van der Waals surface area (Å²) in [5.41, 5.74) is 0.646. The predicted molar refractivity (Wildman–Crippen MR) is 54.1 cm³/mol. The van der Waals surface area contributed by atoms with Gasteiger partial charge in [-0.1, -0.05) is 33.8 Å². The highest BCUT2D eigenvalue weighted by atomic mass is 16.5. The van der Waals surface area contributed by atoms with Crippen LogP contribution in [-0.2, 0) is 9.53 Å². The number of carbonyl (C=O) groups excluding carboxylic acids is 1. The van der Waals surface area contributed by atoms with Gasteiger partial charge < -0.3 is 4.74 Å². The van der Waals surface area contributed by atoms with Crippen molar-refractivity contribution in [3.63, 3.8) is 0 Å². The lowest BCUT2D eigenvalue weighted by atomic mass is 10.3. The SMILES string of the molecule is C/C=C(/C)C(=O)OC.CC.CC. The zero-order valence-corrected chi connectivity index (χ0v) is 9.39. The lowest BCUT2D eigenvalue weighted by molar-refractivity contribution is -0.136. The molecule has 0 heterocycles. The lowest BCUT2D eigenvalue weighted by Crippen LogP contribution is -2.00. The summed E-state index contributed by atoms with van der Waals surface area (Å²) >= 11 is 0. The van der Waals surface area contributed by atoms with Crippen LogP contribution in [-0.4, -0.2) is 13.1 Å². The fraction of sp³-hybridized carbons (Fsp3) is 0.700. The van der Waals surface area contributed by atoms with Crippen LogP contribution >= 0.6 is 0 Å². The number of esters is 1. The smallest absolute Gasteiger partial charge is 0.333 e. The largest absolute Gasteiger partial charge is 0.466 e. The summed E-state index contributed by atoms with van der Waals surface area (Å²) in [7, 11) is 1.37. The van der Waals surface area contributed by atoms with Crippen molar-refractivity contribution in [2.24, 2.45) is 0 Å². The van der Waals surface area contributed by atoms with E-state index in [-0.39, 0.29) is 5.97 Å². The van der Waals surface area contributed by atoms with Gasteiger partial charge in [-0.15, -0.1) is 0 Å². The molecule has 0 radical (unpaired) electrons. The molecule has 0 spiro atoms. The summed E-state index contributed by atoms with van der Waals surface area (Å²) in [6.07, 6.45) is 1.71. The first-order chi connectivity index (χ1) is 5.72. The van der Waals surface area contributed by atoms with Crippen LogP contribution in [0.5, 0.6) is 0 Å². The summed E-state index contributed by atoms with van der Waals surface area (Å²) in [4.78, 5) is 10.5. The first-order valence-electron chi connectivity index (χ1n) is 4.43.